The van der Waals surface area contributed by atoms with Crippen LogP contribution in [0.4, 0.5) is 0 Å². The van der Waals surface area contributed by atoms with E-state index in [1.807, 2.05) is 12.1 Å². The second kappa shape index (κ2) is 3.79. The van der Waals surface area contributed by atoms with Crippen LogP contribution in [0.3, 0.4) is 0 Å². The molecule has 1 aromatic rings. The molecule has 0 aliphatic rings. The van der Waals surface area contributed by atoms with E-state index in [0.717, 1.165) is 9.13 Å². The molecule has 0 radical (unpaired) electrons. The molecule has 0 aromatic heterocycles. The van der Waals surface area contributed by atoms with Gasteiger partial charge in [0.2, 0.25) is 0 Å². The van der Waals surface area contributed by atoms with Crippen molar-refractivity contribution in [1.82, 2.24) is 0 Å². The molecule has 1 rings (SSSR count). The summed E-state index contributed by atoms with van der Waals surface area (Å²) in [7, 11) is 0. The molecule has 0 unspecified atom stereocenters. The van der Waals surface area contributed by atoms with E-state index in [-0.39, 0.29) is 0 Å². The van der Waals surface area contributed by atoms with Gasteiger partial charge in [-0.25, -0.2) is 0 Å². The van der Waals surface area contributed by atoms with E-state index in [1.165, 1.54) is 3.57 Å². The van der Waals surface area contributed by atoms with Crippen LogP contribution in [0.15, 0.2) is 18.2 Å². The Morgan fingerprint density at radius 1 is 1.25 bits per heavy atom. The molecule has 0 amide bonds. The third kappa shape index (κ3) is 2.56. The minimum absolute atomic E-state index is 0.735. The molecule has 0 saturated carbocycles. The molecule has 0 saturated heterocycles. The molecule has 3 heteroatoms. The summed E-state index contributed by atoms with van der Waals surface area (Å²) in [4.78, 5) is 0. The van der Waals surface area contributed by atoms with Crippen LogP contribution in [-0.2, 0) is 5.60 Å². The van der Waals surface area contributed by atoms with Crippen molar-refractivity contribution in [3.05, 3.63) is 30.9 Å². The van der Waals surface area contributed by atoms with Crippen molar-refractivity contribution in [3.8, 4) is 0 Å². The van der Waals surface area contributed by atoms with Crippen LogP contribution < -0.4 is 0 Å². The van der Waals surface area contributed by atoms with Crippen molar-refractivity contribution < 1.29 is 5.11 Å². The molecule has 1 N–H and O–H groups in total. The molecule has 0 aliphatic carbocycles. The molecule has 1 aromatic carbocycles. The molecular formula is C9H10I2O. The van der Waals surface area contributed by atoms with E-state index in [9.17, 15) is 5.11 Å². The third-order valence-corrected chi connectivity index (χ3v) is 3.15. The average Bonchev–Trinajstić information content (AvgIpc) is 1.83. The smallest absolute Gasteiger partial charge is 0.0850 e. The van der Waals surface area contributed by atoms with Gasteiger partial charge in [0.1, 0.15) is 0 Å². The molecule has 66 valence electrons. The van der Waals surface area contributed by atoms with Gasteiger partial charge in [-0.2, -0.15) is 0 Å². The summed E-state index contributed by atoms with van der Waals surface area (Å²) in [6.07, 6.45) is 0. The number of rotatable bonds is 1. The first-order valence-electron chi connectivity index (χ1n) is 3.59. The molecule has 0 spiro atoms. The molecule has 0 fully saturated rings. The van der Waals surface area contributed by atoms with Gasteiger partial charge in [0.05, 0.1) is 5.60 Å². The summed E-state index contributed by atoms with van der Waals surface area (Å²) in [5.74, 6) is 0. The maximum Gasteiger partial charge on any atom is 0.0850 e. The van der Waals surface area contributed by atoms with Gasteiger partial charge in [-0.15, -0.1) is 0 Å². The zero-order valence-electron chi connectivity index (χ0n) is 6.94. The van der Waals surface area contributed by atoms with Crippen LogP contribution >= 0.6 is 45.2 Å². The Kier molecular flexibility index (Phi) is 3.39. The van der Waals surface area contributed by atoms with Crippen molar-refractivity contribution in [1.29, 1.82) is 0 Å². The number of hydrogen-bond donors (Lipinski definition) is 1. The van der Waals surface area contributed by atoms with Gasteiger partial charge < -0.3 is 5.11 Å². The molecule has 0 bridgehead atoms. The van der Waals surface area contributed by atoms with Crippen LogP contribution in [0.25, 0.3) is 0 Å². The quantitative estimate of drug-likeness (QED) is 0.734. The lowest BCUT2D eigenvalue weighted by Crippen LogP contribution is -2.17. The van der Waals surface area contributed by atoms with Gasteiger partial charge >= 0.3 is 0 Å². The van der Waals surface area contributed by atoms with Gasteiger partial charge in [-0.3, -0.25) is 0 Å². The second-order valence-corrected chi connectivity index (χ2v) is 5.59. The standard InChI is InChI=1S/C9H10I2O/c1-9(2,12)7-4-3-6(10)5-8(7)11/h3-5,12H,1-2H3. The fourth-order valence-corrected chi connectivity index (χ4v) is 3.25. The number of halogens is 2. The topological polar surface area (TPSA) is 20.2 Å². The molecule has 12 heavy (non-hydrogen) atoms. The highest BCUT2D eigenvalue weighted by atomic mass is 127. The summed E-state index contributed by atoms with van der Waals surface area (Å²) in [5.41, 5.74) is 0.254. The second-order valence-electron chi connectivity index (χ2n) is 3.18. The highest BCUT2D eigenvalue weighted by Gasteiger charge is 2.18. The van der Waals surface area contributed by atoms with E-state index < -0.39 is 5.60 Å². The van der Waals surface area contributed by atoms with Crippen LogP contribution in [0, 0.1) is 7.14 Å². The Bertz CT molecular complexity index is 289. The zero-order valence-corrected chi connectivity index (χ0v) is 11.3. The van der Waals surface area contributed by atoms with Crippen LogP contribution in [0.5, 0.6) is 0 Å². The Hall–Kier alpha value is 0.640. The molecule has 0 aliphatic heterocycles. The van der Waals surface area contributed by atoms with Gasteiger partial charge in [0.25, 0.3) is 0 Å². The Labute approximate surface area is 99.8 Å². The monoisotopic (exact) mass is 388 g/mol. The van der Waals surface area contributed by atoms with Crippen molar-refractivity contribution in [2.24, 2.45) is 0 Å². The van der Waals surface area contributed by atoms with Gasteiger partial charge in [0, 0.05) is 7.14 Å². The molecule has 0 atom stereocenters. The lowest BCUT2D eigenvalue weighted by Gasteiger charge is -2.19. The molecule has 0 heterocycles. The normalized spacial score (nSPS) is 11.8. The van der Waals surface area contributed by atoms with Gasteiger partial charge in [-0.1, -0.05) is 6.07 Å². The zero-order chi connectivity index (χ0) is 9.35. The van der Waals surface area contributed by atoms with E-state index in [4.69, 9.17) is 0 Å². The predicted molar refractivity (Wildman–Crippen MR) is 67.1 cm³/mol. The summed E-state index contributed by atoms with van der Waals surface area (Å²) >= 11 is 4.51. The van der Waals surface area contributed by atoms with Crippen molar-refractivity contribution >= 4 is 45.2 Å². The first-order chi connectivity index (χ1) is 5.41. The van der Waals surface area contributed by atoms with Crippen molar-refractivity contribution in [3.63, 3.8) is 0 Å². The predicted octanol–water partition coefficient (Wildman–Crippen LogP) is 3.12. The Morgan fingerprint density at radius 2 is 1.83 bits per heavy atom. The van der Waals surface area contributed by atoms with E-state index in [2.05, 4.69) is 51.2 Å². The highest BCUT2D eigenvalue weighted by Crippen LogP contribution is 2.26. The maximum absolute atomic E-state index is 9.75. The summed E-state index contributed by atoms with van der Waals surface area (Å²) in [5, 5.41) is 9.75. The Morgan fingerprint density at radius 3 is 2.25 bits per heavy atom. The first kappa shape index (κ1) is 10.7. The number of aliphatic hydroxyl groups is 1. The average molecular weight is 388 g/mol. The first-order valence-corrected chi connectivity index (χ1v) is 5.75. The van der Waals surface area contributed by atoms with E-state index in [0.29, 0.717) is 0 Å². The minimum atomic E-state index is -0.735. The highest BCUT2D eigenvalue weighted by molar-refractivity contribution is 14.1. The van der Waals surface area contributed by atoms with E-state index in [1.54, 1.807) is 13.8 Å². The minimum Gasteiger partial charge on any atom is -0.386 e. The van der Waals surface area contributed by atoms with Crippen LogP contribution in [0.1, 0.15) is 19.4 Å². The largest absolute Gasteiger partial charge is 0.386 e. The fourth-order valence-electron chi connectivity index (χ4n) is 0.986. The van der Waals surface area contributed by atoms with Gasteiger partial charge in [0.15, 0.2) is 0 Å². The van der Waals surface area contributed by atoms with Crippen molar-refractivity contribution in [2.45, 2.75) is 19.4 Å². The lowest BCUT2D eigenvalue weighted by molar-refractivity contribution is 0.0777. The summed E-state index contributed by atoms with van der Waals surface area (Å²) < 4.78 is 2.32. The molecule has 1 nitrogen and oxygen atoms in total. The number of benzene rings is 1. The third-order valence-electron chi connectivity index (χ3n) is 1.59. The number of hydrogen-bond acceptors (Lipinski definition) is 1. The van der Waals surface area contributed by atoms with Crippen LogP contribution in [0.2, 0.25) is 0 Å². The summed E-state index contributed by atoms with van der Waals surface area (Å²) in [6, 6.07) is 6.05. The van der Waals surface area contributed by atoms with Crippen molar-refractivity contribution in [2.75, 3.05) is 0 Å². The van der Waals surface area contributed by atoms with Gasteiger partial charge in [-0.05, 0) is 76.7 Å². The van der Waals surface area contributed by atoms with E-state index >= 15 is 0 Å². The summed E-state index contributed by atoms with van der Waals surface area (Å²) in [6.45, 7) is 3.61. The Balaban J connectivity index is 3.19. The van der Waals surface area contributed by atoms with Crippen LogP contribution in [-0.4, -0.2) is 5.11 Å². The fraction of sp³-hybridized carbons (Fsp3) is 0.333. The maximum atomic E-state index is 9.75. The SMILES string of the molecule is CC(C)(O)c1ccc(I)cc1I. The lowest BCUT2D eigenvalue weighted by atomic mass is 9.99. The molecular weight excluding hydrogens is 378 g/mol.